The number of aryl methyl sites for hydroxylation is 1. The van der Waals surface area contributed by atoms with Gasteiger partial charge in [-0.2, -0.15) is 0 Å². The molecule has 0 fully saturated rings. The van der Waals surface area contributed by atoms with Crippen molar-refractivity contribution in [3.05, 3.63) is 21.1 Å². The minimum absolute atomic E-state index is 0.166. The predicted molar refractivity (Wildman–Crippen MR) is 74.1 cm³/mol. The van der Waals surface area contributed by atoms with Gasteiger partial charge < -0.3 is 4.90 Å². The number of hydrogen-bond donors (Lipinski definition) is 0. The number of nitrogens with zero attached hydrogens (tertiary/aromatic N) is 4. The predicted octanol–water partition coefficient (Wildman–Crippen LogP) is 3.03. The van der Waals surface area contributed by atoms with E-state index in [1.54, 1.807) is 0 Å². The fraction of sp³-hybridized carbons (Fsp3) is 0.333. The molecule has 0 aliphatic carbocycles. The molecule has 0 aliphatic rings. The number of anilines is 1. The van der Waals surface area contributed by atoms with Crippen LogP contribution in [0.3, 0.4) is 0 Å². The Bertz CT molecular complexity index is 578. The zero-order valence-electron chi connectivity index (χ0n) is 9.91. The molecule has 0 bridgehead atoms. The Morgan fingerprint density at radius 3 is 2.67 bits per heavy atom. The Balaban J connectivity index is 2.25. The van der Waals surface area contributed by atoms with Crippen molar-refractivity contribution in [2.75, 3.05) is 19.0 Å². The fourth-order valence-corrected chi connectivity index (χ4v) is 4.07. The molecule has 18 heavy (non-hydrogen) atoms. The zero-order chi connectivity index (χ0) is 13.3. The van der Waals surface area contributed by atoms with Crippen LogP contribution < -0.4 is 4.90 Å². The van der Waals surface area contributed by atoms with Crippen molar-refractivity contribution in [1.29, 1.82) is 0 Å². The second-order valence-corrected chi connectivity index (χ2v) is 7.11. The molecular weight excluding hydrogens is 292 g/mol. The quantitative estimate of drug-likeness (QED) is 0.638. The van der Waals surface area contributed by atoms with Crippen molar-refractivity contribution in [2.24, 2.45) is 0 Å². The first-order valence-corrected chi connectivity index (χ1v) is 7.36. The number of hydrogen-bond acceptors (Lipinski definition) is 8. The normalized spacial score (nSPS) is 10.6. The summed E-state index contributed by atoms with van der Waals surface area (Å²) >= 11 is 3.88. The summed E-state index contributed by atoms with van der Waals surface area (Å²) in [5.41, 5.74) is 0. The van der Waals surface area contributed by atoms with Crippen LogP contribution in [-0.4, -0.2) is 29.2 Å². The molecule has 2 aromatic heterocycles. The maximum atomic E-state index is 10.9. The molecule has 96 valence electrons. The summed E-state index contributed by atoms with van der Waals surface area (Å²) in [6.45, 7) is 1.85. The highest BCUT2D eigenvalue weighted by atomic mass is 32.2. The van der Waals surface area contributed by atoms with Crippen LogP contribution in [0.1, 0.15) is 4.88 Å². The van der Waals surface area contributed by atoms with Crippen molar-refractivity contribution in [2.45, 2.75) is 16.2 Å². The van der Waals surface area contributed by atoms with Crippen LogP contribution in [0, 0.1) is 17.0 Å². The van der Waals surface area contributed by atoms with E-state index < -0.39 is 0 Å². The number of nitro groups is 1. The first-order valence-electron chi connectivity index (χ1n) is 4.91. The summed E-state index contributed by atoms with van der Waals surface area (Å²) in [5.74, 6) is 0. The number of aromatic nitrogens is 2. The fourth-order valence-electron chi connectivity index (χ4n) is 1.20. The highest BCUT2D eigenvalue weighted by molar-refractivity contribution is 8.01. The Labute approximate surface area is 116 Å². The van der Waals surface area contributed by atoms with Gasteiger partial charge in [-0.3, -0.25) is 10.1 Å². The first kappa shape index (κ1) is 13.2. The molecule has 0 unspecified atom stereocenters. The smallest absolute Gasteiger partial charge is 0.338 e. The largest absolute Gasteiger partial charge is 0.353 e. The average Bonchev–Trinajstić information content (AvgIpc) is 2.86. The lowest BCUT2D eigenvalue weighted by atomic mass is 10.5. The number of rotatable bonds is 4. The first-order chi connectivity index (χ1) is 8.47. The van der Waals surface area contributed by atoms with Crippen molar-refractivity contribution in [3.8, 4) is 0 Å². The highest BCUT2D eigenvalue weighted by Gasteiger charge is 2.20. The molecule has 0 aliphatic heterocycles. The maximum absolute atomic E-state index is 10.9. The lowest BCUT2D eigenvalue weighted by Crippen LogP contribution is -2.07. The molecule has 0 spiro atoms. The van der Waals surface area contributed by atoms with E-state index in [1.165, 1.54) is 34.4 Å². The maximum Gasteiger partial charge on any atom is 0.338 e. The Morgan fingerprint density at radius 1 is 1.39 bits per heavy atom. The van der Waals surface area contributed by atoms with Crippen LogP contribution in [0.4, 0.5) is 10.1 Å². The number of thiophene rings is 1. The van der Waals surface area contributed by atoms with E-state index in [9.17, 15) is 10.1 Å². The summed E-state index contributed by atoms with van der Waals surface area (Å²) < 4.78 is 0.708. The molecule has 0 saturated carbocycles. The van der Waals surface area contributed by atoms with Gasteiger partial charge in [0.05, 0.1) is 4.92 Å². The summed E-state index contributed by atoms with van der Waals surface area (Å²) in [6.07, 6.45) is 0. The van der Waals surface area contributed by atoms with Crippen molar-refractivity contribution < 1.29 is 4.92 Å². The van der Waals surface area contributed by atoms with E-state index in [2.05, 4.69) is 10.2 Å². The minimum atomic E-state index is -0.353. The molecule has 0 aromatic carbocycles. The van der Waals surface area contributed by atoms with Gasteiger partial charge in [-0.05, 0) is 24.8 Å². The second-order valence-electron chi connectivity index (χ2n) is 3.63. The molecule has 0 N–H and O–H groups in total. The van der Waals surface area contributed by atoms with E-state index >= 15 is 0 Å². The molecular formula is C9H10N4O2S3. The standard InChI is InChI=1S/C9H10N4O2S3/c1-5-4-6(7(16-5)13(14)15)17-9-11-10-8(18-9)12(2)3/h4H,1-3H3. The summed E-state index contributed by atoms with van der Waals surface area (Å²) in [5, 5.41) is 19.9. The molecule has 2 aromatic rings. The van der Waals surface area contributed by atoms with Gasteiger partial charge in [-0.1, -0.05) is 22.7 Å². The van der Waals surface area contributed by atoms with Gasteiger partial charge in [0.2, 0.25) is 5.13 Å². The third-order valence-corrected chi connectivity index (χ3v) is 5.25. The lowest BCUT2D eigenvalue weighted by molar-refractivity contribution is -0.382. The molecule has 0 radical (unpaired) electrons. The van der Waals surface area contributed by atoms with Crippen LogP contribution in [0.5, 0.6) is 0 Å². The SMILES string of the molecule is Cc1cc(Sc2nnc(N(C)C)s2)c([N+](=O)[O-])s1. The van der Waals surface area contributed by atoms with Crippen LogP contribution in [0.2, 0.25) is 0 Å². The van der Waals surface area contributed by atoms with E-state index in [1.807, 2.05) is 32.0 Å². The minimum Gasteiger partial charge on any atom is -0.353 e. The van der Waals surface area contributed by atoms with Gasteiger partial charge >= 0.3 is 5.00 Å². The van der Waals surface area contributed by atoms with Gasteiger partial charge in [-0.15, -0.1) is 10.2 Å². The second kappa shape index (κ2) is 5.21. The molecule has 2 heterocycles. The van der Waals surface area contributed by atoms with Gasteiger partial charge in [0, 0.05) is 19.0 Å². The Kier molecular flexibility index (Phi) is 3.83. The van der Waals surface area contributed by atoms with Crippen molar-refractivity contribution >= 4 is 44.6 Å². The lowest BCUT2D eigenvalue weighted by Gasteiger charge is -2.03. The van der Waals surface area contributed by atoms with Crippen LogP contribution in [0.15, 0.2) is 15.3 Å². The molecule has 0 atom stereocenters. The molecule has 0 amide bonds. The van der Waals surface area contributed by atoms with E-state index in [-0.39, 0.29) is 9.92 Å². The van der Waals surface area contributed by atoms with Gasteiger partial charge in [0.25, 0.3) is 0 Å². The Hall–Kier alpha value is -1.19. The van der Waals surface area contributed by atoms with Crippen LogP contribution in [-0.2, 0) is 0 Å². The van der Waals surface area contributed by atoms with E-state index in [4.69, 9.17) is 0 Å². The van der Waals surface area contributed by atoms with Crippen LogP contribution >= 0.6 is 34.4 Å². The molecule has 6 nitrogen and oxygen atoms in total. The molecule has 9 heteroatoms. The summed E-state index contributed by atoms with van der Waals surface area (Å²) in [6, 6.07) is 1.81. The van der Waals surface area contributed by atoms with E-state index in [0.717, 1.165) is 10.0 Å². The Morgan fingerprint density at radius 2 is 2.11 bits per heavy atom. The third kappa shape index (κ3) is 2.79. The topological polar surface area (TPSA) is 72.2 Å². The van der Waals surface area contributed by atoms with Crippen LogP contribution in [0.25, 0.3) is 0 Å². The van der Waals surface area contributed by atoms with Gasteiger partial charge in [-0.25, -0.2) is 0 Å². The van der Waals surface area contributed by atoms with Crippen molar-refractivity contribution in [3.63, 3.8) is 0 Å². The monoisotopic (exact) mass is 302 g/mol. The molecule has 2 rings (SSSR count). The summed E-state index contributed by atoms with van der Waals surface area (Å²) in [7, 11) is 3.76. The summed E-state index contributed by atoms with van der Waals surface area (Å²) in [4.78, 5) is 14.0. The average molecular weight is 302 g/mol. The molecule has 0 saturated heterocycles. The van der Waals surface area contributed by atoms with E-state index in [0.29, 0.717) is 9.24 Å². The highest BCUT2D eigenvalue weighted by Crippen LogP contribution is 2.42. The van der Waals surface area contributed by atoms with Crippen molar-refractivity contribution in [1.82, 2.24) is 10.2 Å². The zero-order valence-corrected chi connectivity index (χ0v) is 12.4. The van der Waals surface area contributed by atoms with Gasteiger partial charge in [0.15, 0.2) is 4.34 Å². The third-order valence-electron chi connectivity index (χ3n) is 1.94. The van der Waals surface area contributed by atoms with Gasteiger partial charge in [0.1, 0.15) is 4.90 Å².